The van der Waals surface area contributed by atoms with Crippen LogP contribution in [0.5, 0.6) is 0 Å². The molecule has 0 aliphatic rings. The zero-order valence-corrected chi connectivity index (χ0v) is 15.2. The minimum absolute atomic E-state index is 0.506. The van der Waals surface area contributed by atoms with Gasteiger partial charge in [0.05, 0.1) is 19.8 Å². The molecule has 25 heavy (non-hydrogen) atoms. The van der Waals surface area contributed by atoms with E-state index in [2.05, 4.69) is 54.5 Å². The van der Waals surface area contributed by atoms with Gasteiger partial charge in [-0.3, -0.25) is 0 Å². The highest BCUT2D eigenvalue weighted by Crippen LogP contribution is 2.10. The summed E-state index contributed by atoms with van der Waals surface area (Å²) in [5.41, 5.74) is 9.37. The van der Waals surface area contributed by atoms with Crippen LogP contribution in [0.15, 0.2) is 59.6 Å². The summed E-state index contributed by atoms with van der Waals surface area (Å²) < 4.78 is 5.79. The molecular formula is C21H29N3O. The van der Waals surface area contributed by atoms with E-state index in [4.69, 9.17) is 10.5 Å². The van der Waals surface area contributed by atoms with Crippen LogP contribution in [0.3, 0.4) is 0 Å². The standard InChI is InChI=1S/C21H29N3O/c1-17(2)11-12-23-21(22)24-14-19-9-6-10-20(13-19)16-25-15-18-7-4-3-5-8-18/h3-10,13,17H,11-12,14-16H2,1-2H3,(H3,22,23,24). The first-order valence-electron chi connectivity index (χ1n) is 8.87. The summed E-state index contributed by atoms with van der Waals surface area (Å²) in [6.07, 6.45) is 1.09. The van der Waals surface area contributed by atoms with Crippen LogP contribution in [0.4, 0.5) is 0 Å². The van der Waals surface area contributed by atoms with E-state index in [0.29, 0.717) is 31.6 Å². The Balaban J connectivity index is 1.78. The van der Waals surface area contributed by atoms with Gasteiger partial charge in [0.2, 0.25) is 0 Å². The summed E-state index contributed by atoms with van der Waals surface area (Å²) in [6.45, 7) is 7.04. The molecule has 0 fully saturated rings. The predicted octanol–water partition coefficient (Wildman–Crippen LogP) is 3.85. The van der Waals surface area contributed by atoms with Crippen molar-refractivity contribution >= 4 is 5.96 Å². The quantitative estimate of drug-likeness (QED) is 0.539. The molecule has 0 saturated heterocycles. The number of hydrogen-bond donors (Lipinski definition) is 2. The first kappa shape index (κ1) is 19.0. The molecule has 0 atom stereocenters. The Bertz CT molecular complexity index is 653. The van der Waals surface area contributed by atoms with Crippen molar-refractivity contribution in [2.75, 3.05) is 6.54 Å². The van der Waals surface area contributed by atoms with E-state index in [1.807, 2.05) is 24.3 Å². The monoisotopic (exact) mass is 339 g/mol. The molecule has 0 bridgehead atoms. The second-order valence-corrected chi connectivity index (χ2v) is 6.61. The lowest BCUT2D eigenvalue weighted by atomic mass is 10.1. The average Bonchev–Trinajstić information content (AvgIpc) is 2.61. The number of guanidine groups is 1. The molecule has 0 aliphatic heterocycles. The number of benzene rings is 2. The molecule has 134 valence electrons. The molecule has 0 aliphatic carbocycles. The second-order valence-electron chi connectivity index (χ2n) is 6.61. The van der Waals surface area contributed by atoms with Crippen molar-refractivity contribution in [2.24, 2.45) is 16.6 Å². The fraction of sp³-hybridized carbons (Fsp3) is 0.381. The highest BCUT2D eigenvalue weighted by atomic mass is 16.5. The van der Waals surface area contributed by atoms with Crippen molar-refractivity contribution < 1.29 is 4.74 Å². The van der Waals surface area contributed by atoms with Gasteiger partial charge in [-0.05, 0) is 29.0 Å². The first-order valence-corrected chi connectivity index (χ1v) is 8.87. The van der Waals surface area contributed by atoms with Gasteiger partial charge in [0.1, 0.15) is 0 Å². The van der Waals surface area contributed by atoms with E-state index in [1.165, 1.54) is 5.56 Å². The number of nitrogens with zero attached hydrogens (tertiary/aromatic N) is 1. The molecule has 0 amide bonds. The van der Waals surface area contributed by atoms with Gasteiger partial charge in [0.15, 0.2) is 5.96 Å². The van der Waals surface area contributed by atoms with E-state index in [0.717, 1.165) is 24.1 Å². The van der Waals surface area contributed by atoms with Gasteiger partial charge in [-0.25, -0.2) is 4.99 Å². The molecule has 3 N–H and O–H groups in total. The van der Waals surface area contributed by atoms with E-state index in [1.54, 1.807) is 0 Å². The lowest BCUT2D eigenvalue weighted by molar-refractivity contribution is 0.107. The minimum atomic E-state index is 0.506. The Kier molecular flexibility index (Phi) is 7.99. The van der Waals surface area contributed by atoms with Crippen LogP contribution < -0.4 is 11.1 Å². The molecule has 0 spiro atoms. The molecule has 2 rings (SSSR count). The van der Waals surface area contributed by atoms with E-state index < -0.39 is 0 Å². The van der Waals surface area contributed by atoms with Gasteiger partial charge >= 0.3 is 0 Å². The van der Waals surface area contributed by atoms with Crippen LogP contribution in [-0.4, -0.2) is 12.5 Å². The summed E-state index contributed by atoms with van der Waals surface area (Å²) in [5.74, 6) is 1.17. The minimum Gasteiger partial charge on any atom is -0.372 e. The van der Waals surface area contributed by atoms with Crippen molar-refractivity contribution in [3.63, 3.8) is 0 Å². The predicted molar refractivity (Wildman–Crippen MR) is 104 cm³/mol. The second kappa shape index (κ2) is 10.5. The maximum atomic E-state index is 5.90. The number of ether oxygens (including phenoxy) is 1. The third-order valence-corrected chi connectivity index (χ3v) is 3.83. The van der Waals surface area contributed by atoms with Gasteiger partial charge in [0, 0.05) is 6.54 Å². The molecule has 0 saturated carbocycles. The molecule has 4 heteroatoms. The van der Waals surface area contributed by atoms with Crippen molar-refractivity contribution in [3.8, 4) is 0 Å². The zero-order valence-electron chi connectivity index (χ0n) is 15.2. The first-order chi connectivity index (χ1) is 12.1. The molecule has 0 radical (unpaired) electrons. The smallest absolute Gasteiger partial charge is 0.188 e. The van der Waals surface area contributed by atoms with Crippen LogP contribution in [0.25, 0.3) is 0 Å². The molecule has 2 aromatic carbocycles. The summed E-state index contributed by atoms with van der Waals surface area (Å²) >= 11 is 0. The fourth-order valence-corrected chi connectivity index (χ4v) is 2.40. The van der Waals surface area contributed by atoms with E-state index >= 15 is 0 Å². The molecular weight excluding hydrogens is 310 g/mol. The largest absolute Gasteiger partial charge is 0.372 e. The Hall–Kier alpha value is -2.33. The zero-order chi connectivity index (χ0) is 17.9. The highest BCUT2D eigenvalue weighted by molar-refractivity contribution is 5.77. The Morgan fingerprint density at radius 1 is 1.00 bits per heavy atom. The van der Waals surface area contributed by atoms with Crippen LogP contribution in [0, 0.1) is 5.92 Å². The van der Waals surface area contributed by atoms with Crippen LogP contribution in [-0.2, 0) is 24.5 Å². The third-order valence-electron chi connectivity index (χ3n) is 3.83. The van der Waals surface area contributed by atoms with E-state index in [9.17, 15) is 0 Å². The van der Waals surface area contributed by atoms with Crippen LogP contribution in [0.2, 0.25) is 0 Å². The van der Waals surface area contributed by atoms with Crippen molar-refractivity contribution in [1.29, 1.82) is 0 Å². The highest BCUT2D eigenvalue weighted by Gasteiger charge is 1.99. The average molecular weight is 339 g/mol. The van der Waals surface area contributed by atoms with Gasteiger partial charge in [-0.15, -0.1) is 0 Å². The molecule has 0 unspecified atom stereocenters. The topological polar surface area (TPSA) is 59.6 Å². The van der Waals surface area contributed by atoms with Crippen molar-refractivity contribution in [1.82, 2.24) is 5.32 Å². The lowest BCUT2D eigenvalue weighted by Crippen LogP contribution is -2.32. The van der Waals surface area contributed by atoms with Gasteiger partial charge in [-0.1, -0.05) is 68.4 Å². The van der Waals surface area contributed by atoms with Gasteiger partial charge in [0.25, 0.3) is 0 Å². The Morgan fingerprint density at radius 2 is 1.68 bits per heavy atom. The van der Waals surface area contributed by atoms with Crippen molar-refractivity contribution in [2.45, 2.75) is 40.0 Å². The van der Waals surface area contributed by atoms with Crippen molar-refractivity contribution in [3.05, 3.63) is 71.3 Å². The van der Waals surface area contributed by atoms with Crippen LogP contribution >= 0.6 is 0 Å². The van der Waals surface area contributed by atoms with E-state index in [-0.39, 0.29) is 0 Å². The van der Waals surface area contributed by atoms with Gasteiger partial charge < -0.3 is 15.8 Å². The fourth-order valence-electron chi connectivity index (χ4n) is 2.40. The number of hydrogen-bond acceptors (Lipinski definition) is 2. The third kappa shape index (κ3) is 7.86. The Morgan fingerprint density at radius 3 is 2.44 bits per heavy atom. The summed E-state index contributed by atoms with van der Waals surface area (Å²) in [5, 5.41) is 3.15. The summed E-state index contributed by atoms with van der Waals surface area (Å²) in [7, 11) is 0. The Labute approximate surface area is 151 Å². The maximum Gasteiger partial charge on any atom is 0.188 e. The number of nitrogens with two attached hydrogens (primary N) is 1. The molecule has 2 aromatic rings. The molecule has 0 heterocycles. The van der Waals surface area contributed by atoms with Crippen LogP contribution in [0.1, 0.15) is 37.0 Å². The normalized spacial score (nSPS) is 11.7. The number of aliphatic imine (C=N–C) groups is 1. The SMILES string of the molecule is CC(C)CCNC(N)=NCc1cccc(COCc2ccccc2)c1. The summed E-state index contributed by atoms with van der Waals surface area (Å²) in [4.78, 5) is 4.40. The maximum absolute atomic E-state index is 5.90. The molecule has 0 aromatic heterocycles. The number of nitrogens with one attached hydrogen (secondary N) is 1. The lowest BCUT2D eigenvalue weighted by Gasteiger charge is -2.08. The number of rotatable bonds is 9. The summed E-state index contributed by atoms with van der Waals surface area (Å²) in [6, 6.07) is 18.5. The molecule has 4 nitrogen and oxygen atoms in total. The van der Waals surface area contributed by atoms with Gasteiger partial charge in [-0.2, -0.15) is 0 Å².